The fourth-order valence-electron chi connectivity index (χ4n) is 4.70. The largest absolute Gasteiger partial charge is 0.369 e. The SMILES string of the molecule is C[C@@]1(C(N)=O)[C@@H](c2ccc(C3CC(F)(F)c4c3cnn4-c3ccccn3)cc2)C1(F)F. The normalized spacial score (nSPS) is 27.6. The van der Waals surface area contributed by atoms with Crippen molar-refractivity contribution in [3.8, 4) is 5.82 Å². The molecule has 0 saturated heterocycles. The van der Waals surface area contributed by atoms with E-state index in [1.54, 1.807) is 30.3 Å². The molecular formula is C22H18F4N4O. The molecule has 2 heterocycles. The standard InChI is InChI=1S/C22H18F4N4O/c1-20(19(27)31)17(22(20,25)26)13-7-5-12(6-8-13)14-10-21(23,24)18-15(14)11-29-30(18)16-4-2-3-9-28-16/h2-9,11,14,17H,10H2,1H3,(H2,27,31)/t14?,17-,20+/m1/s1. The molecule has 1 amide bonds. The summed E-state index contributed by atoms with van der Waals surface area (Å²) in [5, 5.41) is 4.12. The van der Waals surface area contributed by atoms with Crippen molar-refractivity contribution in [2.24, 2.45) is 11.1 Å². The zero-order valence-electron chi connectivity index (χ0n) is 16.4. The first-order chi connectivity index (χ1) is 14.6. The molecule has 0 spiro atoms. The van der Waals surface area contributed by atoms with Crippen molar-refractivity contribution in [3.63, 3.8) is 0 Å². The third-order valence-corrected chi connectivity index (χ3v) is 6.58. The van der Waals surface area contributed by atoms with Gasteiger partial charge in [-0.15, -0.1) is 0 Å². The van der Waals surface area contributed by atoms with Crippen LogP contribution in [0.3, 0.4) is 0 Å². The van der Waals surface area contributed by atoms with Gasteiger partial charge in [0, 0.05) is 24.1 Å². The molecule has 1 aromatic carbocycles. The highest BCUT2D eigenvalue weighted by molar-refractivity contribution is 5.88. The van der Waals surface area contributed by atoms with Crippen LogP contribution in [0.5, 0.6) is 0 Å². The summed E-state index contributed by atoms with van der Waals surface area (Å²) >= 11 is 0. The molecule has 9 heteroatoms. The van der Waals surface area contributed by atoms with Crippen molar-refractivity contribution in [2.45, 2.75) is 37.0 Å². The highest BCUT2D eigenvalue weighted by Gasteiger charge is 2.81. The Bertz CT molecular complexity index is 1180. The van der Waals surface area contributed by atoms with Gasteiger partial charge in [0.15, 0.2) is 5.82 Å². The Labute approximate surface area is 174 Å². The summed E-state index contributed by atoms with van der Waals surface area (Å²) in [6, 6.07) is 11.0. The van der Waals surface area contributed by atoms with Crippen molar-refractivity contribution in [3.05, 3.63) is 77.2 Å². The zero-order valence-corrected chi connectivity index (χ0v) is 16.4. The van der Waals surface area contributed by atoms with E-state index in [9.17, 15) is 22.4 Å². The molecule has 0 radical (unpaired) electrons. The number of alkyl halides is 4. The number of rotatable bonds is 4. The minimum atomic E-state index is -3.24. The number of benzene rings is 1. The predicted octanol–water partition coefficient (Wildman–Crippen LogP) is 4.12. The number of fused-ring (bicyclic) bond motifs is 1. The number of aromatic nitrogens is 3. The molecule has 5 nitrogen and oxygen atoms in total. The second-order valence-corrected chi connectivity index (χ2v) is 8.30. The Hall–Kier alpha value is -3.23. The maximum Gasteiger partial charge on any atom is 0.291 e. The first-order valence-electron chi connectivity index (χ1n) is 9.74. The number of nitrogens with two attached hydrogens (primary N) is 1. The quantitative estimate of drug-likeness (QED) is 0.633. The van der Waals surface area contributed by atoms with E-state index in [0.717, 1.165) is 11.6 Å². The Morgan fingerprint density at radius 3 is 2.35 bits per heavy atom. The number of halogens is 4. The van der Waals surface area contributed by atoms with Gasteiger partial charge in [-0.05, 0) is 30.2 Å². The molecule has 5 rings (SSSR count). The van der Waals surface area contributed by atoms with Gasteiger partial charge in [0.2, 0.25) is 5.91 Å². The monoisotopic (exact) mass is 430 g/mol. The van der Waals surface area contributed by atoms with Crippen LogP contribution >= 0.6 is 0 Å². The first-order valence-corrected chi connectivity index (χ1v) is 9.74. The summed E-state index contributed by atoms with van der Waals surface area (Å²) < 4.78 is 59.4. The van der Waals surface area contributed by atoms with Gasteiger partial charge in [-0.2, -0.15) is 13.9 Å². The molecule has 2 aliphatic rings. The highest BCUT2D eigenvalue weighted by atomic mass is 19.3. The summed E-state index contributed by atoms with van der Waals surface area (Å²) in [5.74, 6) is -9.09. The van der Waals surface area contributed by atoms with E-state index >= 15 is 0 Å². The second kappa shape index (κ2) is 6.15. The molecule has 0 aliphatic heterocycles. The van der Waals surface area contributed by atoms with Crippen molar-refractivity contribution in [1.82, 2.24) is 14.8 Å². The van der Waals surface area contributed by atoms with Crippen LogP contribution in [0.25, 0.3) is 5.82 Å². The lowest BCUT2D eigenvalue weighted by Gasteiger charge is -2.14. The number of carbonyl (C=O) groups is 1. The lowest BCUT2D eigenvalue weighted by molar-refractivity contribution is -0.125. The predicted molar refractivity (Wildman–Crippen MR) is 103 cm³/mol. The van der Waals surface area contributed by atoms with E-state index in [2.05, 4.69) is 10.1 Å². The van der Waals surface area contributed by atoms with Gasteiger partial charge in [-0.3, -0.25) is 4.79 Å². The number of carbonyl (C=O) groups excluding carboxylic acids is 1. The Morgan fingerprint density at radius 1 is 1.10 bits per heavy atom. The third-order valence-electron chi connectivity index (χ3n) is 6.58. The van der Waals surface area contributed by atoms with E-state index < -0.39 is 41.4 Å². The first kappa shape index (κ1) is 19.7. The minimum absolute atomic E-state index is 0.213. The molecule has 160 valence electrons. The van der Waals surface area contributed by atoms with Crippen LogP contribution in [-0.2, 0) is 10.7 Å². The van der Waals surface area contributed by atoms with Crippen LogP contribution in [0.1, 0.15) is 47.6 Å². The topological polar surface area (TPSA) is 73.8 Å². The van der Waals surface area contributed by atoms with Crippen LogP contribution in [0.4, 0.5) is 17.6 Å². The van der Waals surface area contributed by atoms with Crippen LogP contribution in [0, 0.1) is 5.41 Å². The van der Waals surface area contributed by atoms with Gasteiger partial charge < -0.3 is 5.73 Å². The molecular weight excluding hydrogens is 412 g/mol. The van der Waals surface area contributed by atoms with Crippen LogP contribution in [-0.4, -0.2) is 26.6 Å². The fourth-order valence-corrected chi connectivity index (χ4v) is 4.70. The molecule has 2 N–H and O–H groups in total. The number of nitrogens with zero attached hydrogens (tertiary/aromatic N) is 3. The maximum atomic E-state index is 14.9. The number of pyridine rings is 1. The molecule has 1 unspecified atom stereocenters. The Kier molecular flexibility index (Phi) is 3.91. The summed E-state index contributed by atoms with van der Waals surface area (Å²) in [7, 11) is 0. The maximum absolute atomic E-state index is 14.9. The van der Waals surface area contributed by atoms with Crippen molar-refractivity contribution >= 4 is 5.91 Å². The number of primary amides is 1. The van der Waals surface area contributed by atoms with E-state index in [1.165, 1.54) is 24.5 Å². The molecule has 3 aromatic rings. The van der Waals surface area contributed by atoms with Crippen LogP contribution in [0.2, 0.25) is 0 Å². The van der Waals surface area contributed by atoms with E-state index in [1.807, 2.05) is 0 Å². The molecule has 0 bridgehead atoms. The average Bonchev–Trinajstić information content (AvgIpc) is 3.06. The van der Waals surface area contributed by atoms with Crippen molar-refractivity contribution in [1.29, 1.82) is 0 Å². The van der Waals surface area contributed by atoms with Crippen molar-refractivity contribution in [2.75, 3.05) is 0 Å². The number of hydrogen-bond donors (Lipinski definition) is 1. The summed E-state index contributed by atoms with van der Waals surface area (Å²) in [5.41, 5.74) is 4.22. The molecule has 3 atom stereocenters. The molecule has 1 fully saturated rings. The van der Waals surface area contributed by atoms with Gasteiger partial charge in [0.05, 0.1) is 12.1 Å². The molecule has 31 heavy (non-hydrogen) atoms. The Morgan fingerprint density at radius 2 is 1.77 bits per heavy atom. The average molecular weight is 430 g/mol. The lowest BCUT2D eigenvalue weighted by Crippen LogP contribution is -2.27. The van der Waals surface area contributed by atoms with E-state index in [0.29, 0.717) is 16.9 Å². The fraction of sp³-hybridized carbons (Fsp3) is 0.318. The number of hydrogen-bond acceptors (Lipinski definition) is 3. The second-order valence-electron chi connectivity index (χ2n) is 8.30. The van der Waals surface area contributed by atoms with Crippen molar-refractivity contribution < 1.29 is 22.4 Å². The lowest BCUT2D eigenvalue weighted by atomic mass is 9.92. The Balaban J connectivity index is 1.49. The zero-order chi connectivity index (χ0) is 22.2. The van der Waals surface area contributed by atoms with E-state index in [-0.39, 0.29) is 11.3 Å². The summed E-state index contributed by atoms with van der Waals surface area (Å²) in [6.45, 7) is 1.14. The number of amides is 1. The van der Waals surface area contributed by atoms with Crippen LogP contribution in [0.15, 0.2) is 54.9 Å². The van der Waals surface area contributed by atoms with Crippen LogP contribution < -0.4 is 5.73 Å². The smallest absolute Gasteiger partial charge is 0.291 e. The van der Waals surface area contributed by atoms with Gasteiger partial charge in [0.25, 0.3) is 11.8 Å². The summed E-state index contributed by atoms with van der Waals surface area (Å²) in [4.78, 5) is 15.6. The van der Waals surface area contributed by atoms with Gasteiger partial charge in [-0.25, -0.2) is 18.4 Å². The molecule has 2 aliphatic carbocycles. The van der Waals surface area contributed by atoms with Gasteiger partial charge in [0.1, 0.15) is 11.1 Å². The highest BCUT2D eigenvalue weighted by Crippen LogP contribution is 2.71. The van der Waals surface area contributed by atoms with Gasteiger partial charge >= 0.3 is 0 Å². The minimum Gasteiger partial charge on any atom is -0.369 e. The molecule has 2 aromatic heterocycles. The van der Waals surface area contributed by atoms with E-state index in [4.69, 9.17) is 5.73 Å². The third kappa shape index (κ3) is 2.58. The van der Waals surface area contributed by atoms with Gasteiger partial charge in [-0.1, -0.05) is 30.3 Å². The summed E-state index contributed by atoms with van der Waals surface area (Å²) in [6.07, 6.45) is 2.45. The molecule has 1 saturated carbocycles.